The Morgan fingerprint density at radius 2 is 1.74 bits per heavy atom. The minimum absolute atomic E-state index is 0.0149. The van der Waals surface area contributed by atoms with Gasteiger partial charge in [0.2, 0.25) is 0 Å². The van der Waals surface area contributed by atoms with E-state index in [9.17, 15) is 4.79 Å². The van der Waals surface area contributed by atoms with Crippen LogP contribution in [0.15, 0.2) is 18.2 Å². The van der Waals surface area contributed by atoms with Crippen LogP contribution in [0.5, 0.6) is 0 Å². The summed E-state index contributed by atoms with van der Waals surface area (Å²) in [4.78, 5) is 16.5. The first-order valence-electron chi connectivity index (χ1n) is 6.39. The molecule has 3 nitrogen and oxygen atoms in total. The number of hydrogen-bond acceptors (Lipinski definition) is 2. The first-order valence-corrected chi connectivity index (χ1v) is 7.15. The van der Waals surface area contributed by atoms with Crippen LogP contribution < -0.4 is 0 Å². The van der Waals surface area contributed by atoms with E-state index in [1.165, 1.54) is 0 Å². The molecule has 0 aromatic heterocycles. The van der Waals surface area contributed by atoms with Crippen molar-refractivity contribution in [1.82, 2.24) is 9.80 Å². The molecule has 1 aromatic rings. The molecule has 2 rings (SSSR count). The third-order valence-electron chi connectivity index (χ3n) is 3.67. The molecule has 1 amide bonds. The highest BCUT2D eigenvalue weighted by molar-refractivity contribution is 6.35. The molecule has 0 atom stereocenters. The summed E-state index contributed by atoms with van der Waals surface area (Å²) < 4.78 is 0. The molecule has 0 saturated carbocycles. The Morgan fingerprint density at radius 3 is 2.26 bits per heavy atom. The zero-order chi connectivity index (χ0) is 14.0. The molecule has 1 aliphatic heterocycles. The number of carbonyl (C=O) groups is 1. The smallest absolute Gasteiger partial charge is 0.253 e. The Balaban J connectivity index is 2.10. The van der Waals surface area contributed by atoms with Crippen LogP contribution in [0.3, 0.4) is 0 Å². The average Bonchev–Trinajstić information content (AvgIpc) is 2.37. The minimum Gasteiger partial charge on any atom is -0.339 e. The lowest BCUT2D eigenvalue weighted by atomic mass is 10.0. The summed E-state index contributed by atoms with van der Waals surface area (Å²) in [5.74, 6) is -0.0149. The number of piperidine rings is 1. The van der Waals surface area contributed by atoms with Crippen molar-refractivity contribution in [2.75, 3.05) is 27.2 Å². The average molecular weight is 301 g/mol. The summed E-state index contributed by atoms with van der Waals surface area (Å²) in [5, 5.41) is 0.986. The fourth-order valence-corrected chi connectivity index (χ4v) is 2.96. The number of nitrogens with zero attached hydrogens (tertiary/aromatic N) is 2. The van der Waals surface area contributed by atoms with Crippen LogP contribution in [0.2, 0.25) is 10.0 Å². The highest BCUT2D eigenvalue weighted by Gasteiger charge is 2.24. The van der Waals surface area contributed by atoms with Gasteiger partial charge in [0.1, 0.15) is 0 Å². The number of rotatable bonds is 2. The topological polar surface area (TPSA) is 23.6 Å². The van der Waals surface area contributed by atoms with Gasteiger partial charge in [-0.25, -0.2) is 0 Å². The molecule has 0 N–H and O–H groups in total. The summed E-state index contributed by atoms with van der Waals surface area (Å²) in [7, 11) is 3.96. The van der Waals surface area contributed by atoms with Gasteiger partial charge < -0.3 is 9.80 Å². The van der Waals surface area contributed by atoms with Crippen molar-refractivity contribution in [3.63, 3.8) is 0 Å². The standard InChI is InChI=1S/C14H18Cl2N2O/c1-17-5-3-13(4-6-17)18(2)14(19)10-7-11(15)9-12(16)8-10/h7-9,13H,3-6H2,1-2H3. The molecular weight excluding hydrogens is 283 g/mol. The van der Waals surface area contributed by atoms with E-state index >= 15 is 0 Å². The van der Waals surface area contributed by atoms with E-state index in [0.29, 0.717) is 21.7 Å². The SMILES string of the molecule is CN1CCC(N(C)C(=O)c2cc(Cl)cc(Cl)c2)CC1. The van der Waals surface area contributed by atoms with Gasteiger partial charge in [-0.05, 0) is 51.2 Å². The van der Waals surface area contributed by atoms with Crippen molar-refractivity contribution in [2.24, 2.45) is 0 Å². The molecule has 0 bridgehead atoms. The molecule has 1 saturated heterocycles. The molecule has 5 heteroatoms. The van der Waals surface area contributed by atoms with Crippen molar-refractivity contribution in [2.45, 2.75) is 18.9 Å². The molecule has 1 aliphatic rings. The molecule has 0 spiro atoms. The zero-order valence-corrected chi connectivity index (χ0v) is 12.7. The third kappa shape index (κ3) is 3.62. The van der Waals surface area contributed by atoms with Gasteiger partial charge in [-0.2, -0.15) is 0 Å². The Kier molecular flexibility index (Phi) is 4.71. The first-order chi connectivity index (χ1) is 8.97. The van der Waals surface area contributed by atoms with Gasteiger partial charge in [-0.15, -0.1) is 0 Å². The second-order valence-corrected chi connectivity index (χ2v) is 5.98. The van der Waals surface area contributed by atoms with Gasteiger partial charge in [0.05, 0.1) is 0 Å². The normalized spacial score (nSPS) is 17.5. The number of benzene rings is 1. The Hall–Kier alpha value is -0.770. The van der Waals surface area contributed by atoms with Gasteiger partial charge >= 0.3 is 0 Å². The van der Waals surface area contributed by atoms with Crippen LogP contribution in [0.25, 0.3) is 0 Å². The van der Waals surface area contributed by atoms with Crippen molar-refractivity contribution in [3.8, 4) is 0 Å². The van der Waals surface area contributed by atoms with Gasteiger partial charge in [0.25, 0.3) is 5.91 Å². The van der Waals surface area contributed by atoms with E-state index in [4.69, 9.17) is 23.2 Å². The molecular formula is C14H18Cl2N2O. The van der Waals surface area contributed by atoms with E-state index in [-0.39, 0.29) is 5.91 Å². The fraction of sp³-hybridized carbons (Fsp3) is 0.500. The highest BCUT2D eigenvalue weighted by atomic mass is 35.5. The lowest BCUT2D eigenvalue weighted by Crippen LogP contribution is -2.44. The van der Waals surface area contributed by atoms with Gasteiger partial charge in [0, 0.05) is 28.7 Å². The highest BCUT2D eigenvalue weighted by Crippen LogP contribution is 2.22. The molecule has 19 heavy (non-hydrogen) atoms. The minimum atomic E-state index is -0.0149. The molecule has 1 aromatic carbocycles. The molecule has 1 heterocycles. The van der Waals surface area contributed by atoms with Crippen molar-refractivity contribution < 1.29 is 4.79 Å². The van der Waals surface area contributed by atoms with Crippen LogP contribution in [0, 0.1) is 0 Å². The Bertz CT molecular complexity index is 450. The van der Waals surface area contributed by atoms with E-state index in [2.05, 4.69) is 11.9 Å². The Morgan fingerprint density at radius 1 is 1.21 bits per heavy atom. The number of carbonyl (C=O) groups excluding carboxylic acids is 1. The Labute approximate surface area is 124 Å². The lowest BCUT2D eigenvalue weighted by Gasteiger charge is -2.35. The third-order valence-corrected chi connectivity index (χ3v) is 4.10. The quantitative estimate of drug-likeness (QED) is 0.838. The van der Waals surface area contributed by atoms with E-state index in [0.717, 1.165) is 25.9 Å². The van der Waals surface area contributed by atoms with Gasteiger partial charge in [-0.3, -0.25) is 4.79 Å². The second-order valence-electron chi connectivity index (χ2n) is 5.11. The summed E-state index contributed by atoms with van der Waals surface area (Å²) in [5.41, 5.74) is 0.555. The van der Waals surface area contributed by atoms with E-state index in [1.54, 1.807) is 18.2 Å². The summed E-state index contributed by atoms with van der Waals surface area (Å²) >= 11 is 11.9. The predicted octanol–water partition coefficient (Wildman–Crippen LogP) is 3.16. The fourth-order valence-electron chi connectivity index (χ4n) is 2.43. The summed E-state index contributed by atoms with van der Waals surface area (Å²) in [6.45, 7) is 2.05. The number of amides is 1. The largest absolute Gasteiger partial charge is 0.339 e. The van der Waals surface area contributed by atoms with Crippen LogP contribution in [0.4, 0.5) is 0 Å². The van der Waals surface area contributed by atoms with Crippen LogP contribution in [-0.2, 0) is 0 Å². The van der Waals surface area contributed by atoms with Crippen LogP contribution in [0.1, 0.15) is 23.2 Å². The van der Waals surface area contributed by atoms with Crippen LogP contribution in [-0.4, -0.2) is 48.9 Å². The molecule has 0 aliphatic carbocycles. The monoisotopic (exact) mass is 300 g/mol. The zero-order valence-electron chi connectivity index (χ0n) is 11.2. The predicted molar refractivity (Wildman–Crippen MR) is 79.1 cm³/mol. The van der Waals surface area contributed by atoms with E-state index < -0.39 is 0 Å². The number of hydrogen-bond donors (Lipinski definition) is 0. The number of likely N-dealkylation sites (tertiary alicyclic amines) is 1. The van der Waals surface area contributed by atoms with Gasteiger partial charge in [0.15, 0.2) is 0 Å². The second kappa shape index (κ2) is 6.12. The molecule has 0 radical (unpaired) electrons. The first kappa shape index (κ1) is 14.6. The molecule has 1 fully saturated rings. The maximum atomic E-state index is 12.4. The van der Waals surface area contributed by atoms with E-state index in [1.807, 2.05) is 11.9 Å². The summed E-state index contributed by atoms with van der Waals surface area (Å²) in [6.07, 6.45) is 2.01. The van der Waals surface area contributed by atoms with Crippen LogP contribution >= 0.6 is 23.2 Å². The van der Waals surface area contributed by atoms with Gasteiger partial charge in [-0.1, -0.05) is 23.2 Å². The molecule has 104 valence electrons. The van der Waals surface area contributed by atoms with Crippen molar-refractivity contribution in [3.05, 3.63) is 33.8 Å². The molecule has 0 unspecified atom stereocenters. The maximum absolute atomic E-state index is 12.4. The number of halogens is 2. The van der Waals surface area contributed by atoms with Crippen molar-refractivity contribution >= 4 is 29.1 Å². The maximum Gasteiger partial charge on any atom is 0.253 e. The van der Waals surface area contributed by atoms with Crippen molar-refractivity contribution in [1.29, 1.82) is 0 Å². The lowest BCUT2D eigenvalue weighted by molar-refractivity contribution is 0.0659. The summed E-state index contributed by atoms with van der Waals surface area (Å²) in [6, 6.07) is 5.26.